The lowest BCUT2D eigenvalue weighted by Crippen LogP contribution is -2.25. The number of Topliss-reactive ketones (excluding diaryl/α,β-unsaturated/α-hetero) is 6. The number of hydrogen-bond donors (Lipinski definition) is 0. The van der Waals surface area contributed by atoms with Gasteiger partial charge in [0.05, 0.1) is 14.2 Å². The average Bonchev–Trinajstić information content (AvgIpc) is 3.39. The number of methoxy groups -OCH3 is 2. The third-order valence-electron chi connectivity index (χ3n) is 7.38. The van der Waals surface area contributed by atoms with E-state index in [1.54, 1.807) is 0 Å². The molecule has 0 saturated heterocycles. The molecule has 0 fully saturated rings. The summed E-state index contributed by atoms with van der Waals surface area (Å²) in [6.45, 7) is 0. The van der Waals surface area contributed by atoms with Crippen LogP contribution in [0, 0.1) is 11.8 Å². The van der Waals surface area contributed by atoms with Crippen LogP contribution in [0.3, 0.4) is 0 Å². The molecule has 42 heavy (non-hydrogen) atoms. The molecule has 2 aromatic rings. The Bertz CT molecular complexity index is 1460. The lowest BCUT2D eigenvalue weighted by molar-refractivity contribution is -0.141. The molecule has 0 aromatic heterocycles. The van der Waals surface area contributed by atoms with Crippen LogP contribution >= 0.6 is 0 Å². The van der Waals surface area contributed by atoms with Gasteiger partial charge in [-0.05, 0) is 37.1 Å². The van der Waals surface area contributed by atoms with Crippen LogP contribution in [-0.4, -0.2) is 66.6 Å². The van der Waals surface area contributed by atoms with E-state index in [1.165, 1.54) is 50.6 Å². The highest BCUT2D eigenvalue weighted by Crippen LogP contribution is 2.32. The third-order valence-corrected chi connectivity index (χ3v) is 7.38. The third kappa shape index (κ3) is 5.63. The molecule has 2 aliphatic carbocycles. The number of carbonyl (C=O) groups excluding carboxylic acids is 9. The summed E-state index contributed by atoms with van der Waals surface area (Å²) in [5, 5.41) is 0. The number of carbonyl (C=O) groups is 9. The Morgan fingerprint density at radius 3 is 1.26 bits per heavy atom. The molecule has 0 bridgehead atoms. The maximum Gasteiger partial charge on any atom is 0.305 e. The molecule has 2 aliphatic rings. The number of ketones is 7. The van der Waals surface area contributed by atoms with E-state index in [4.69, 9.17) is 0 Å². The number of fused-ring (bicyclic) bond motifs is 2. The molecule has 0 aliphatic heterocycles. The summed E-state index contributed by atoms with van der Waals surface area (Å²) in [6, 6.07) is 7.65. The van der Waals surface area contributed by atoms with Gasteiger partial charge in [0.25, 0.3) is 0 Å². The second-order valence-corrected chi connectivity index (χ2v) is 9.96. The number of hydrogen-bond acceptors (Lipinski definition) is 11. The Kier molecular flexibility index (Phi) is 8.79. The van der Waals surface area contributed by atoms with Crippen LogP contribution in [0.4, 0.5) is 0 Å². The van der Waals surface area contributed by atoms with Crippen molar-refractivity contribution in [1.82, 2.24) is 0 Å². The van der Waals surface area contributed by atoms with Crippen molar-refractivity contribution in [3.63, 3.8) is 0 Å². The van der Waals surface area contributed by atoms with Gasteiger partial charge in [-0.3, -0.25) is 43.2 Å². The first-order valence-corrected chi connectivity index (χ1v) is 13.2. The summed E-state index contributed by atoms with van der Waals surface area (Å²) in [4.78, 5) is 113. The zero-order valence-electron chi connectivity index (χ0n) is 22.9. The Morgan fingerprint density at radius 1 is 0.548 bits per heavy atom. The van der Waals surface area contributed by atoms with Gasteiger partial charge in [-0.2, -0.15) is 0 Å². The summed E-state index contributed by atoms with van der Waals surface area (Å²) < 4.78 is 9.04. The van der Waals surface area contributed by atoms with Crippen LogP contribution in [0.25, 0.3) is 0 Å². The van der Waals surface area contributed by atoms with Gasteiger partial charge in [0.1, 0.15) is 11.8 Å². The standard InChI is InChI=1S/C31H26O11/c1-41-23(34)7-3-5-21(32)25-28(37)17-11-9-15(13-19(17)30(25)39)27(36)16-10-12-18-20(14-16)31(40)26(29(18)38)22(33)6-4-8-24(35)42-2/h9-14,25-26H,3-8H2,1-2H3. The van der Waals surface area contributed by atoms with Crippen molar-refractivity contribution in [2.75, 3.05) is 14.2 Å². The maximum atomic E-state index is 13.3. The minimum absolute atomic E-state index is 0.00569. The fourth-order valence-corrected chi connectivity index (χ4v) is 5.13. The Balaban J connectivity index is 1.50. The summed E-state index contributed by atoms with van der Waals surface area (Å²) >= 11 is 0. The highest BCUT2D eigenvalue weighted by Gasteiger charge is 2.44. The van der Waals surface area contributed by atoms with E-state index in [0.29, 0.717) is 0 Å². The molecule has 2 aromatic carbocycles. The maximum absolute atomic E-state index is 13.3. The summed E-state index contributed by atoms with van der Waals surface area (Å²) in [5.74, 6) is -8.84. The smallest absolute Gasteiger partial charge is 0.305 e. The fraction of sp³-hybridized carbons (Fsp3) is 0.323. The molecule has 11 nitrogen and oxygen atoms in total. The van der Waals surface area contributed by atoms with Crippen molar-refractivity contribution in [3.05, 3.63) is 69.8 Å². The van der Waals surface area contributed by atoms with Crippen molar-refractivity contribution in [1.29, 1.82) is 0 Å². The summed E-state index contributed by atoms with van der Waals surface area (Å²) in [5.41, 5.74) is -0.122. The minimum atomic E-state index is -1.55. The topological polar surface area (TPSA) is 172 Å². The molecule has 2 unspecified atom stereocenters. The van der Waals surface area contributed by atoms with Crippen molar-refractivity contribution in [2.45, 2.75) is 38.5 Å². The zero-order chi connectivity index (χ0) is 30.7. The van der Waals surface area contributed by atoms with Gasteiger partial charge >= 0.3 is 11.9 Å². The first-order valence-electron chi connectivity index (χ1n) is 13.2. The number of rotatable bonds is 12. The van der Waals surface area contributed by atoms with E-state index < -0.39 is 64.3 Å². The molecule has 11 heteroatoms. The van der Waals surface area contributed by atoms with Crippen LogP contribution in [0.15, 0.2) is 36.4 Å². The van der Waals surface area contributed by atoms with Gasteiger partial charge in [0.2, 0.25) is 0 Å². The van der Waals surface area contributed by atoms with Crippen LogP contribution in [0.1, 0.15) is 95.9 Å². The highest BCUT2D eigenvalue weighted by atomic mass is 16.5. The Labute approximate surface area is 239 Å². The van der Waals surface area contributed by atoms with Gasteiger partial charge in [0, 0.05) is 59.1 Å². The molecule has 0 saturated carbocycles. The van der Waals surface area contributed by atoms with E-state index in [9.17, 15) is 43.2 Å². The Morgan fingerprint density at radius 2 is 0.905 bits per heavy atom. The normalized spacial score (nSPS) is 17.1. The van der Waals surface area contributed by atoms with Gasteiger partial charge < -0.3 is 9.47 Å². The van der Waals surface area contributed by atoms with Crippen LogP contribution < -0.4 is 0 Å². The van der Waals surface area contributed by atoms with Crippen molar-refractivity contribution < 1.29 is 52.6 Å². The van der Waals surface area contributed by atoms with Crippen LogP contribution in [0.2, 0.25) is 0 Å². The molecular formula is C31H26O11. The van der Waals surface area contributed by atoms with Crippen molar-refractivity contribution in [3.8, 4) is 0 Å². The van der Waals surface area contributed by atoms with Crippen molar-refractivity contribution >= 4 is 52.4 Å². The predicted molar refractivity (Wildman–Crippen MR) is 142 cm³/mol. The van der Waals surface area contributed by atoms with Gasteiger partial charge in [-0.15, -0.1) is 0 Å². The van der Waals surface area contributed by atoms with Crippen LogP contribution in [-0.2, 0) is 28.7 Å². The zero-order valence-corrected chi connectivity index (χ0v) is 22.9. The molecule has 0 spiro atoms. The van der Waals surface area contributed by atoms with Crippen LogP contribution in [0.5, 0.6) is 0 Å². The molecule has 0 N–H and O–H groups in total. The summed E-state index contributed by atoms with van der Waals surface area (Å²) in [6.07, 6.45) is -0.199. The molecular weight excluding hydrogens is 548 g/mol. The number of ether oxygens (including phenoxy) is 2. The van der Waals surface area contributed by atoms with E-state index in [1.807, 2.05) is 0 Å². The van der Waals surface area contributed by atoms with Gasteiger partial charge in [-0.25, -0.2) is 0 Å². The molecule has 0 radical (unpaired) electrons. The fourth-order valence-electron chi connectivity index (χ4n) is 5.13. The van der Waals surface area contributed by atoms with Gasteiger partial charge in [-0.1, -0.05) is 12.1 Å². The largest absolute Gasteiger partial charge is 0.469 e. The monoisotopic (exact) mass is 574 g/mol. The van der Waals surface area contributed by atoms with E-state index in [0.717, 1.165) is 0 Å². The van der Waals surface area contributed by atoms with E-state index in [-0.39, 0.29) is 71.9 Å². The minimum Gasteiger partial charge on any atom is -0.469 e. The van der Waals surface area contributed by atoms with Gasteiger partial charge in [0.15, 0.2) is 40.5 Å². The first kappa shape index (κ1) is 30.0. The summed E-state index contributed by atoms with van der Waals surface area (Å²) in [7, 11) is 2.42. The lowest BCUT2D eigenvalue weighted by atomic mass is 9.94. The lowest BCUT2D eigenvalue weighted by Gasteiger charge is -2.06. The Hall–Kier alpha value is -4.93. The quantitative estimate of drug-likeness (QED) is 0.207. The second-order valence-electron chi connectivity index (χ2n) is 9.96. The first-order chi connectivity index (χ1) is 20.0. The van der Waals surface area contributed by atoms with E-state index in [2.05, 4.69) is 9.47 Å². The molecule has 4 rings (SSSR count). The van der Waals surface area contributed by atoms with Crippen molar-refractivity contribution in [2.24, 2.45) is 11.8 Å². The molecule has 2 atom stereocenters. The number of benzene rings is 2. The highest BCUT2D eigenvalue weighted by molar-refractivity contribution is 6.37. The predicted octanol–water partition coefficient (Wildman–Crippen LogP) is 2.73. The second kappa shape index (κ2) is 12.3. The average molecular weight is 575 g/mol. The van der Waals surface area contributed by atoms with E-state index >= 15 is 0 Å². The number of esters is 2. The molecule has 216 valence electrons. The molecule has 0 amide bonds. The molecule has 0 heterocycles. The SMILES string of the molecule is COC(=O)CCCC(=O)C1C(=O)c2ccc(C(=O)c3ccc4c(c3)C(=O)C(C(=O)CCCC(=O)OC)C4=O)cc2C1=O.